The van der Waals surface area contributed by atoms with Crippen LogP contribution in [0.25, 0.3) is 16.6 Å². The predicted octanol–water partition coefficient (Wildman–Crippen LogP) is 3.40. The minimum atomic E-state index is -0.183. The molecule has 0 aliphatic rings. The number of fused-ring (bicyclic) bond motifs is 1. The second-order valence-corrected chi connectivity index (χ2v) is 7.29. The number of nitrogens with one attached hydrogen (secondary N) is 3. The number of aromatic nitrogens is 4. The van der Waals surface area contributed by atoms with E-state index in [0.717, 1.165) is 22.3 Å². The molecule has 2 heterocycles. The van der Waals surface area contributed by atoms with Crippen LogP contribution in [0.1, 0.15) is 13.8 Å². The molecule has 9 nitrogen and oxygen atoms in total. The van der Waals surface area contributed by atoms with Crippen molar-refractivity contribution in [1.29, 1.82) is 0 Å². The van der Waals surface area contributed by atoms with Crippen LogP contribution in [0.4, 0.5) is 11.5 Å². The van der Waals surface area contributed by atoms with Gasteiger partial charge in [-0.15, -0.1) is 0 Å². The molecule has 0 aliphatic carbocycles. The summed E-state index contributed by atoms with van der Waals surface area (Å²) in [6.45, 7) is 3.72. The summed E-state index contributed by atoms with van der Waals surface area (Å²) in [6.07, 6.45) is 3.63. The highest BCUT2D eigenvalue weighted by molar-refractivity contribution is 5.82. The zero-order valence-electron chi connectivity index (χ0n) is 17.5. The fourth-order valence-corrected chi connectivity index (χ4v) is 3.13. The van der Waals surface area contributed by atoms with E-state index in [1.807, 2.05) is 56.4 Å². The molecule has 0 saturated heterocycles. The van der Waals surface area contributed by atoms with Crippen LogP contribution < -0.4 is 20.1 Å². The molecule has 160 valence electrons. The van der Waals surface area contributed by atoms with Crippen molar-refractivity contribution in [2.75, 3.05) is 19.0 Å². The molecule has 0 atom stereocenters. The van der Waals surface area contributed by atoms with Gasteiger partial charge in [-0.1, -0.05) is 0 Å². The highest BCUT2D eigenvalue weighted by Crippen LogP contribution is 2.30. The van der Waals surface area contributed by atoms with Gasteiger partial charge in [-0.3, -0.25) is 9.89 Å². The SMILES string of the molecule is COc1cc(-n2ccc(Nc3ccc4[nH]ncc4c3)n2)ccc1OCC(=O)NC(C)C. The van der Waals surface area contributed by atoms with Gasteiger partial charge in [-0.05, 0) is 44.2 Å². The first kappa shape index (κ1) is 20.3. The van der Waals surface area contributed by atoms with Crippen LogP contribution in [0.15, 0.2) is 54.9 Å². The first-order valence-corrected chi connectivity index (χ1v) is 9.88. The van der Waals surface area contributed by atoms with E-state index < -0.39 is 0 Å². The fourth-order valence-electron chi connectivity index (χ4n) is 3.13. The third-order valence-corrected chi connectivity index (χ3v) is 4.52. The monoisotopic (exact) mass is 420 g/mol. The third-order valence-electron chi connectivity index (χ3n) is 4.52. The Morgan fingerprint density at radius 1 is 1.16 bits per heavy atom. The number of carbonyl (C=O) groups excluding carboxylic acids is 1. The molecule has 0 radical (unpaired) electrons. The van der Waals surface area contributed by atoms with Gasteiger partial charge in [-0.25, -0.2) is 4.68 Å². The molecule has 0 aliphatic heterocycles. The van der Waals surface area contributed by atoms with Crippen LogP contribution in [-0.2, 0) is 4.79 Å². The van der Waals surface area contributed by atoms with Crippen molar-refractivity contribution < 1.29 is 14.3 Å². The average molecular weight is 420 g/mol. The van der Waals surface area contributed by atoms with Crippen molar-refractivity contribution in [3.05, 3.63) is 54.9 Å². The van der Waals surface area contributed by atoms with E-state index in [2.05, 4.69) is 25.9 Å². The van der Waals surface area contributed by atoms with E-state index >= 15 is 0 Å². The van der Waals surface area contributed by atoms with E-state index in [0.29, 0.717) is 17.3 Å². The second-order valence-electron chi connectivity index (χ2n) is 7.29. The van der Waals surface area contributed by atoms with Gasteiger partial charge in [0.1, 0.15) is 0 Å². The van der Waals surface area contributed by atoms with Crippen LogP contribution in [0, 0.1) is 0 Å². The van der Waals surface area contributed by atoms with Crippen molar-refractivity contribution in [2.45, 2.75) is 19.9 Å². The topological polar surface area (TPSA) is 106 Å². The molecular weight excluding hydrogens is 396 g/mol. The zero-order valence-corrected chi connectivity index (χ0v) is 17.5. The van der Waals surface area contributed by atoms with E-state index in [1.165, 1.54) is 0 Å². The van der Waals surface area contributed by atoms with Gasteiger partial charge in [0, 0.05) is 35.4 Å². The summed E-state index contributed by atoms with van der Waals surface area (Å²) in [7, 11) is 1.56. The van der Waals surface area contributed by atoms with Gasteiger partial charge in [-0.2, -0.15) is 10.2 Å². The number of rotatable bonds is 8. The van der Waals surface area contributed by atoms with Gasteiger partial charge in [0.05, 0.1) is 24.5 Å². The summed E-state index contributed by atoms with van der Waals surface area (Å²) in [5, 5.41) is 18.6. The maximum absolute atomic E-state index is 11.8. The number of ether oxygens (including phenoxy) is 2. The highest BCUT2D eigenvalue weighted by Gasteiger charge is 2.11. The number of carbonyl (C=O) groups is 1. The number of amides is 1. The van der Waals surface area contributed by atoms with E-state index in [1.54, 1.807) is 24.1 Å². The number of methoxy groups -OCH3 is 1. The standard InChI is InChI=1S/C22H24N6O3/c1-14(2)24-22(29)13-31-19-7-5-17(11-20(19)30-3)28-9-8-21(27-28)25-16-4-6-18-15(10-16)12-23-26-18/h4-12,14H,13H2,1-3H3,(H,23,26)(H,24,29)(H,25,27). The number of benzene rings is 2. The molecule has 1 amide bonds. The van der Waals surface area contributed by atoms with Gasteiger partial charge in [0.2, 0.25) is 0 Å². The normalized spacial score (nSPS) is 11.0. The Kier molecular flexibility index (Phi) is 5.74. The summed E-state index contributed by atoms with van der Waals surface area (Å²) in [5.41, 5.74) is 2.70. The quantitative estimate of drug-likeness (QED) is 0.403. The van der Waals surface area contributed by atoms with Crippen LogP contribution in [0.2, 0.25) is 0 Å². The molecular formula is C22H24N6O3. The maximum Gasteiger partial charge on any atom is 0.258 e. The Morgan fingerprint density at radius 2 is 2.03 bits per heavy atom. The van der Waals surface area contributed by atoms with Crippen LogP contribution in [0.5, 0.6) is 11.5 Å². The van der Waals surface area contributed by atoms with Gasteiger partial charge in [0.25, 0.3) is 5.91 Å². The number of hydrogen-bond acceptors (Lipinski definition) is 6. The second kappa shape index (κ2) is 8.78. The average Bonchev–Trinajstić information content (AvgIpc) is 3.41. The largest absolute Gasteiger partial charge is 0.493 e. The number of aromatic amines is 1. The molecule has 0 fully saturated rings. The minimum absolute atomic E-state index is 0.0598. The maximum atomic E-state index is 11.8. The van der Waals surface area contributed by atoms with Crippen molar-refractivity contribution in [1.82, 2.24) is 25.3 Å². The molecule has 4 aromatic rings. The molecule has 0 bridgehead atoms. The molecule has 2 aromatic carbocycles. The summed E-state index contributed by atoms with van der Waals surface area (Å²) in [6, 6.07) is 13.3. The summed E-state index contributed by atoms with van der Waals surface area (Å²) in [5.74, 6) is 1.53. The molecule has 31 heavy (non-hydrogen) atoms. The molecule has 0 spiro atoms. The molecule has 4 rings (SSSR count). The summed E-state index contributed by atoms with van der Waals surface area (Å²) >= 11 is 0. The lowest BCUT2D eigenvalue weighted by Gasteiger charge is -2.13. The third kappa shape index (κ3) is 4.77. The Morgan fingerprint density at radius 3 is 2.84 bits per heavy atom. The lowest BCUT2D eigenvalue weighted by atomic mass is 10.2. The number of nitrogens with zero attached hydrogens (tertiary/aromatic N) is 3. The number of H-pyrrole nitrogens is 1. The van der Waals surface area contributed by atoms with Gasteiger partial charge < -0.3 is 20.1 Å². The molecule has 2 aromatic heterocycles. The highest BCUT2D eigenvalue weighted by atomic mass is 16.5. The smallest absolute Gasteiger partial charge is 0.258 e. The number of anilines is 2. The van der Waals surface area contributed by atoms with E-state index in [9.17, 15) is 4.79 Å². The Hall–Kier alpha value is -4.01. The van der Waals surface area contributed by atoms with Gasteiger partial charge in [0.15, 0.2) is 23.9 Å². The van der Waals surface area contributed by atoms with Crippen LogP contribution in [0.3, 0.4) is 0 Å². The molecule has 0 saturated carbocycles. The summed E-state index contributed by atoms with van der Waals surface area (Å²) < 4.78 is 12.8. The first-order chi connectivity index (χ1) is 15.0. The Bertz CT molecular complexity index is 1200. The predicted molar refractivity (Wildman–Crippen MR) is 118 cm³/mol. The van der Waals surface area contributed by atoms with Crippen LogP contribution in [-0.4, -0.2) is 45.6 Å². The lowest BCUT2D eigenvalue weighted by molar-refractivity contribution is -0.123. The summed E-state index contributed by atoms with van der Waals surface area (Å²) in [4.78, 5) is 11.8. The van der Waals surface area contributed by atoms with Crippen molar-refractivity contribution in [3.8, 4) is 17.2 Å². The van der Waals surface area contributed by atoms with Crippen molar-refractivity contribution in [3.63, 3.8) is 0 Å². The van der Waals surface area contributed by atoms with E-state index in [-0.39, 0.29) is 18.6 Å². The zero-order chi connectivity index (χ0) is 21.8. The molecule has 9 heteroatoms. The van der Waals surface area contributed by atoms with Gasteiger partial charge >= 0.3 is 0 Å². The van der Waals surface area contributed by atoms with E-state index in [4.69, 9.17) is 9.47 Å². The van der Waals surface area contributed by atoms with Crippen molar-refractivity contribution >= 4 is 28.3 Å². The lowest BCUT2D eigenvalue weighted by Crippen LogP contribution is -2.34. The van der Waals surface area contributed by atoms with Crippen LogP contribution >= 0.6 is 0 Å². The number of hydrogen-bond donors (Lipinski definition) is 3. The molecule has 3 N–H and O–H groups in total. The first-order valence-electron chi connectivity index (χ1n) is 9.88. The Labute approximate surface area is 179 Å². The molecule has 0 unspecified atom stereocenters. The van der Waals surface area contributed by atoms with Crippen molar-refractivity contribution in [2.24, 2.45) is 0 Å². The Balaban J connectivity index is 1.46. The minimum Gasteiger partial charge on any atom is -0.493 e. The fraction of sp³-hybridized carbons (Fsp3) is 0.227.